The minimum atomic E-state index is -1.43. The van der Waals surface area contributed by atoms with E-state index < -0.39 is 12.1 Å². The second-order valence-corrected chi connectivity index (χ2v) is 4.49. The molecule has 0 aliphatic heterocycles. The number of carboxylic acid groups (broad SMARTS) is 1. The van der Waals surface area contributed by atoms with Crippen molar-refractivity contribution in [2.24, 2.45) is 0 Å². The van der Waals surface area contributed by atoms with Gasteiger partial charge in [-0.25, -0.2) is 9.59 Å². The molecule has 0 radical (unpaired) electrons. The zero-order chi connectivity index (χ0) is 13.4. The fourth-order valence-electron chi connectivity index (χ4n) is 1.26. The van der Waals surface area contributed by atoms with Crippen LogP contribution in [-0.2, 0) is 11.2 Å². The zero-order valence-corrected chi connectivity index (χ0v) is 10.6. The summed E-state index contributed by atoms with van der Waals surface area (Å²) in [5.41, 5.74) is 1.17. The van der Waals surface area contributed by atoms with E-state index in [2.05, 4.69) is 10.6 Å². The number of aliphatic hydroxyl groups excluding tert-OH is 1. The summed E-state index contributed by atoms with van der Waals surface area (Å²) in [7, 11) is 0. The summed E-state index contributed by atoms with van der Waals surface area (Å²) in [4.78, 5) is 21.6. The van der Waals surface area contributed by atoms with E-state index in [-0.39, 0.29) is 19.0 Å². The van der Waals surface area contributed by atoms with Crippen molar-refractivity contribution in [2.45, 2.75) is 18.9 Å². The number of hydrogen-bond acceptors (Lipinski definition) is 4. The first-order valence-electron chi connectivity index (χ1n) is 5.53. The summed E-state index contributed by atoms with van der Waals surface area (Å²) < 4.78 is 0. The number of rotatable bonds is 7. The van der Waals surface area contributed by atoms with Crippen LogP contribution in [0.15, 0.2) is 16.8 Å². The summed E-state index contributed by atoms with van der Waals surface area (Å²) in [6.07, 6.45) is -0.682. The third-order valence-corrected chi connectivity index (χ3v) is 3.00. The Hall–Kier alpha value is -1.60. The van der Waals surface area contributed by atoms with Crippen molar-refractivity contribution in [1.29, 1.82) is 0 Å². The van der Waals surface area contributed by atoms with E-state index in [1.54, 1.807) is 11.3 Å². The highest BCUT2D eigenvalue weighted by molar-refractivity contribution is 7.07. The van der Waals surface area contributed by atoms with Crippen LogP contribution in [-0.4, -0.2) is 41.4 Å². The Balaban J connectivity index is 2.05. The quantitative estimate of drug-likeness (QED) is 0.578. The molecule has 0 unspecified atom stereocenters. The topological polar surface area (TPSA) is 98.7 Å². The molecule has 1 heterocycles. The molecule has 0 spiro atoms. The van der Waals surface area contributed by atoms with Crippen molar-refractivity contribution in [3.05, 3.63) is 22.4 Å². The molecular weight excluding hydrogens is 256 g/mol. The molecule has 0 aliphatic rings. The van der Waals surface area contributed by atoms with Gasteiger partial charge in [-0.05, 0) is 28.8 Å². The molecular formula is C11H16N2O4S. The minimum Gasteiger partial charge on any atom is -0.479 e. The Morgan fingerprint density at radius 2 is 2.06 bits per heavy atom. The summed E-state index contributed by atoms with van der Waals surface area (Å²) >= 11 is 1.61. The van der Waals surface area contributed by atoms with Crippen LogP contribution in [0.1, 0.15) is 12.0 Å². The van der Waals surface area contributed by atoms with Gasteiger partial charge in [-0.15, -0.1) is 0 Å². The number of carbonyl (C=O) groups excluding carboxylic acids is 1. The van der Waals surface area contributed by atoms with Crippen molar-refractivity contribution in [1.82, 2.24) is 10.6 Å². The maximum absolute atomic E-state index is 11.3. The molecule has 100 valence electrons. The molecule has 1 aromatic heterocycles. The molecule has 0 aromatic carbocycles. The van der Waals surface area contributed by atoms with Gasteiger partial charge in [0.05, 0.1) is 0 Å². The molecule has 1 atom stereocenters. The number of hydrogen-bond donors (Lipinski definition) is 4. The molecule has 2 amide bonds. The van der Waals surface area contributed by atoms with Crippen LogP contribution in [0.2, 0.25) is 0 Å². The molecule has 0 fully saturated rings. The van der Waals surface area contributed by atoms with Crippen LogP contribution in [0, 0.1) is 0 Å². The van der Waals surface area contributed by atoms with E-state index in [1.807, 2.05) is 16.8 Å². The number of aliphatic carboxylic acids is 1. The van der Waals surface area contributed by atoms with Crippen LogP contribution in [0.3, 0.4) is 0 Å². The van der Waals surface area contributed by atoms with E-state index in [9.17, 15) is 9.59 Å². The predicted octanol–water partition coefficient (Wildman–Crippen LogP) is 0.425. The Morgan fingerprint density at radius 3 is 2.67 bits per heavy atom. The normalized spacial score (nSPS) is 11.8. The fraction of sp³-hybridized carbons (Fsp3) is 0.455. The van der Waals surface area contributed by atoms with E-state index in [1.165, 1.54) is 5.56 Å². The average Bonchev–Trinajstić information content (AvgIpc) is 2.81. The lowest BCUT2D eigenvalue weighted by molar-refractivity contribution is -0.146. The van der Waals surface area contributed by atoms with Gasteiger partial charge in [0.15, 0.2) is 6.10 Å². The number of carbonyl (C=O) groups is 2. The summed E-state index contributed by atoms with van der Waals surface area (Å²) in [5, 5.41) is 26.5. The van der Waals surface area contributed by atoms with E-state index in [4.69, 9.17) is 10.2 Å². The van der Waals surface area contributed by atoms with Gasteiger partial charge in [-0.1, -0.05) is 0 Å². The first kappa shape index (κ1) is 14.5. The lowest BCUT2D eigenvalue weighted by atomic mass is 10.2. The predicted molar refractivity (Wildman–Crippen MR) is 67.7 cm³/mol. The van der Waals surface area contributed by atoms with Gasteiger partial charge < -0.3 is 20.8 Å². The largest absolute Gasteiger partial charge is 0.479 e. The van der Waals surface area contributed by atoms with Crippen LogP contribution in [0.25, 0.3) is 0 Å². The van der Waals surface area contributed by atoms with Gasteiger partial charge in [-0.3, -0.25) is 0 Å². The molecule has 0 saturated heterocycles. The molecule has 0 bridgehead atoms. The van der Waals surface area contributed by atoms with Gasteiger partial charge in [0, 0.05) is 19.5 Å². The van der Waals surface area contributed by atoms with Gasteiger partial charge >= 0.3 is 12.0 Å². The SMILES string of the molecule is O=C(NCCc1ccsc1)NCC[C@H](O)C(=O)O. The molecule has 1 aromatic rings. The maximum atomic E-state index is 11.3. The molecule has 0 saturated carbocycles. The Bertz CT molecular complexity index is 380. The smallest absolute Gasteiger partial charge is 0.332 e. The Morgan fingerprint density at radius 1 is 1.33 bits per heavy atom. The van der Waals surface area contributed by atoms with Crippen LogP contribution in [0.5, 0.6) is 0 Å². The van der Waals surface area contributed by atoms with Gasteiger partial charge in [0.25, 0.3) is 0 Å². The second-order valence-electron chi connectivity index (χ2n) is 3.71. The lowest BCUT2D eigenvalue weighted by Crippen LogP contribution is -2.38. The first-order valence-corrected chi connectivity index (χ1v) is 6.47. The number of amides is 2. The van der Waals surface area contributed by atoms with Crippen molar-refractivity contribution in [3.8, 4) is 0 Å². The summed E-state index contributed by atoms with van der Waals surface area (Å²) in [5.74, 6) is -1.28. The number of carboxylic acids is 1. The van der Waals surface area contributed by atoms with Gasteiger partial charge in [0.1, 0.15) is 0 Å². The van der Waals surface area contributed by atoms with Crippen molar-refractivity contribution < 1.29 is 19.8 Å². The van der Waals surface area contributed by atoms with Gasteiger partial charge in [-0.2, -0.15) is 11.3 Å². The second kappa shape index (κ2) is 7.67. The number of thiophene rings is 1. The number of aliphatic hydroxyl groups is 1. The monoisotopic (exact) mass is 272 g/mol. The minimum absolute atomic E-state index is 0.00666. The Labute approximate surface area is 109 Å². The first-order chi connectivity index (χ1) is 8.59. The standard InChI is InChI=1S/C11H16N2O4S/c14-9(10(15)16)2-5-13-11(17)12-4-1-8-3-6-18-7-8/h3,6-7,9,14H,1-2,4-5H2,(H,15,16)(H2,12,13,17)/t9-/m0/s1. The third-order valence-electron chi connectivity index (χ3n) is 2.27. The van der Waals surface area contributed by atoms with Crippen molar-refractivity contribution in [3.63, 3.8) is 0 Å². The zero-order valence-electron chi connectivity index (χ0n) is 9.76. The fourth-order valence-corrected chi connectivity index (χ4v) is 1.97. The maximum Gasteiger partial charge on any atom is 0.332 e. The van der Waals surface area contributed by atoms with E-state index >= 15 is 0 Å². The van der Waals surface area contributed by atoms with Crippen LogP contribution in [0.4, 0.5) is 4.79 Å². The Kier molecular flexibility index (Phi) is 6.16. The van der Waals surface area contributed by atoms with E-state index in [0.717, 1.165) is 6.42 Å². The lowest BCUT2D eigenvalue weighted by Gasteiger charge is -2.08. The van der Waals surface area contributed by atoms with Crippen molar-refractivity contribution in [2.75, 3.05) is 13.1 Å². The highest BCUT2D eigenvalue weighted by Crippen LogP contribution is 2.05. The molecule has 18 heavy (non-hydrogen) atoms. The van der Waals surface area contributed by atoms with Crippen LogP contribution >= 0.6 is 11.3 Å². The average molecular weight is 272 g/mol. The molecule has 7 heteroatoms. The summed E-state index contributed by atoms with van der Waals surface area (Å²) in [6.45, 7) is 0.641. The molecule has 4 N–H and O–H groups in total. The third kappa shape index (κ3) is 5.65. The number of nitrogens with one attached hydrogen (secondary N) is 2. The highest BCUT2D eigenvalue weighted by atomic mass is 32.1. The molecule has 1 rings (SSSR count). The van der Waals surface area contributed by atoms with Crippen molar-refractivity contribution >= 4 is 23.3 Å². The van der Waals surface area contributed by atoms with Crippen LogP contribution < -0.4 is 10.6 Å². The summed E-state index contributed by atoms with van der Waals surface area (Å²) in [6, 6.07) is 1.64. The highest BCUT2D eigenvalue weighted by Gasteiger charge is 2.12. The molecule has 6 nitrogen and oxygen atoms in total. The van der Waals surface area contributed by atoms with Gasteiger partial charge in [0.2, 0.25) is 0 Å². The number of urea groups is 1. The van der Waals surface area contributed by atoms with E-state index in [0.29, 0.717) is 6.54 Å². The molecule has 0 aliphatic carbocycles.